The fourth-order valence-corrected chi connectivity index (χ4v) is 7.04. The lowest BCUT2D eigenvalue weighted by Gasteiger charge is -2.38. The van der Waals surface area contributed by atoms with Crippen LogP contribution in [-0.4, -0.2) is 68.5 Å². The van der Waals surface area contributed by atoms with E-state index in [0.29, 0.717) is 23.5 Å². The Balaban J connectivity index is 1.29. The predicted molar refractivity (Wildman–Crippen MR) is 162 cm³/mol. The number of carbonyl (C=O) groups excluding carboxylic acids is 2. The van der Waals surface area contributed by atoms with Crippen molar-refractivity contribution in [2.45, 2.75) is 42.8 Å². The van der Waals surface area contributed by atoms with Crippen molar-refractivity contribution in [3.05, 3.63) is 82.1 Å². The topological polar surface area (TPSA) is 169 Å². The number of carbonyl (C=O) groups is 2. The summed E-state index contributed by atoms with van der Waals surface area (Å²) in [4.78, 5) is 39.8. The first kappa shape index (κ1) is 31.1. The number of nitrogens with zero attached hydrogens (tertiary/aromatic N) is 1. The number of fused-ring (bicyclic) bond motifs is 6. The van der Waals surface area contributed by atoms with Gasteiger partial charge < -0.3 is 29.3 Å². The van der Waals surface area contributed by atoms with Crippen LogP contribution in [0.1, 0.15) is 24.0 Å². The fourth-order valence-electron chi connectivity index (χ4n) is 5.53. The van der Waals surface area contributed by atoms with Crippen LogP contribution >= 0.6 is 0 Å². The molecule has 6 rings (SSSR count). The molecular formula is C31H31FN4O9S. The Kier molecular flexibility index (Phi) is 8.69. The van der Waals surface area contributed by atoms with Crippen LogP contribution in [0.5, 0.6) is 17.2 Å². The molecule has 242 valence electrons. The van der Waals surface area contributed by atoms with Crippen molar-refractivity contribution in [2.24, 2.45) is 0 Å². The fraction of sp³-hybridized carbons (Fsp3) is 0.323. The number of hydrogen-bond donors (Lipinski definition) is 3. The standard InChI is InChI=1S/C31H31FN4O9S/c1-42-27-5-2-18-3-7-29(37)33-15-19-10-20(32)13-21(11-19)44-26-8-9-36(16-24(26)34-30(38)17-43-28(27)12-18)46(40,41)22-4-6-25-23(14-22)35-31(39)45-25/h2,4-6,10-14,24,26H,3,7-9,15-17H2,1H3,(H,33,37)(H,34,38)(H,35,39)/t24-,26-/m1/s1. The van der Waals surface area contributed by atoms with Gasteiger partial charge in [0.1, 0.15) is 17.7 Å². The van der Waals surface area contributed by atoms with Crippen molar-refractivity contribution in [1.82, 2.24) is 19.9 Å². The first-order valence-electron chi connectivity index (χ1n) is 14.5. The van der Waals surface area contributed by atoms with Gasteiger partial charge in [-0.15, -0.1) is 0 Å². The molecule has 15 heteroatoms. The Morgan fingerprint density at radius 2 is 1.83 bits per heavy atom. The number of nitrogens with one attached hydrogen (secondary N) is 3. The number of hydrogen-bond acceptors (Lipinski definition) is 9. The maximum Gasteiger partial charge on any atom is 0.417 e. The van der Waals surface area contributed by atoms with Crippen LogP contribution in [0.2, 0.25) is 0 Å². The number of H-pyrrole nitrogens is 1. The SMILES string of the molecule is COc1ccc2cc1OCC(=O)N[C@@H]1CN(S(=O)(=O)c3ccc4oc(=O)[nH]c4c3)CC[C@H]1Oc1cc(F)cc(c1)CNC(=O)CC2. The summed E-state index contributed by atoms with van der Waals surface area (Å²) < 4.78 is 65.5. The van der Waals surface area contributed by atoms with E-state index in [-0.39, 0.29) is 60.1 Å². The summed E-state index contributed by atoms with van der Waals surface area (Å²) in [5.41, 5.74) is 1.68. The highest BCUT2D eigenvalue weighted by molar-refractivity contribution is 7.89. The lowest BCUT2D eigenvalue weighted by Crippen LogP contribution is -2.58. The van der Waals surface area contributed by atoms with Crippen LogP contribution in [0, 0.1) is 5.82 Å². The zero-order valence-electron chi connectivity index (χ0n) is 24.7. The molecule has 4 aromatic rings. The van der Waals surface area contributed by atoms with Crippen molar-refractivity contribution in [1.29, 1.82) is 0 Å². The first-order chi connectivity index (χ1) is 22.1. The highest BCUT2D eigenvalue weighted by Gasteiger charge is 2.38. The number of halogens is 1. The van der Waals surface area contributed by atoms with Gasteiger partial charge in [0.05, 0.1) is 23.6 Å². The van der Waals surface area contributed by atoms with Crippen molar-refractivity contribution < 1.29 is 41.0 Å². The molecule has 13 nitrogen and oxygen atoms in total. The molecule has 0 radical (unpaired) electrons. The number of aromatic amines is 1. The molecule has 3 N–H and O–H groups in total. The monoisotopic (exact) mass is 654 g/mol. The van der Waals surface area contributed by atoms with Gasteiger partial charge >= 0.3 is 5.76 Å². The van der Waals surface area contributed by atoms with Crippen LogP contribution in [0.4, 0.5) is 4.39 Å². The van der Waals surface area contributed by atoms with E-state index in [4.69, 9.17) is 18.6 Å². The molecule has 0 unspecified atom stereocenters. The van der Waals surface area contributed by atoms with Gasteiger partial charge in [0.2, 0.25) is 15.9 Å². The van der Waals surface area contributed by atoms with E-state index in [9.17, 15) is 27.2 Å². The van der Waals surface area contributed by atoms with Gasteiger partial charge in [-0.2, -0.15) is 4.31 Å². The van der Waals surface area contributed by atoms with Crippen LogP contribution in [0.25, 0.3) is 11.1 Å². The van der Waals surface area contributed by atoms with Gasteiger partial charge in [0.25, 0.3) is 5.91 Å². The first-order valence-corrected chi connectivity index (χ1v) is 16.0. The Labute approximate surface area is 262 Å². The third-order valence-electron chi connectivity index (χ3n) is 7.82. The zero-order chi connectivity index (χ0) is 32.4. The van der Waals surface area contributed by atoms with Crippen molar-refractivity contribution in [2.75, 3.05) is 26.8 Å². The van der Waals surface area contributed by atoms with Gasteiger partial charge in [0.15, 0.2) is 23.7 Å². The predicted octanol–water partition coefficient (Wildman–Crippen LogP) is 2.24. The van der Waals surface area contributed by atoms with E-state index < -0.39 is 46.3 Å². The third kappa shape index (κ3) is 6.84. The van der Waals surface area contributed by atoms with E-state index >= 15 is 0 Å². The number of aryl methyl sites for hydroxylation is 1. The van der Waals surface area contributed by atoms with Crippen molar-refractivity contribution >= 4 is 32.9 Å². The zero-order valence-corrected chi connectivity index (χ0v) is 25.5. The molecule has 4 bridgehead atoms. The second-order valence-corrected chi connectivity index (χ2v) is 12.9. The molecule has 1 aromatic heterocycles. The largest absolute Gasteiger partial charge is 0.493 e. The van der Waals surface area contributed by atoms with Crippen LogP contribution < -0.4 is 30.6 Å². The number of sulfonamides is 1. The lowest BCUT2D eigenvalue weighted by atomic mass is 10.0. The minimum absolute atomic E-state index is 0.0258. The van der Waals surface area contributed by atoms with Gasteiger partial charge in [-0.3, -0.25) is 14.6 Å². The summed E-state index contributed by atoms with van der Waals surface area (Å²) in [6.07, 6.45) is -0.0480. The molecule has 3 aromatic carbocycles. The Bertz CT molecular complexity index is 1960. The van der Waals surface area contributed by atoms with E-state index in [1.807, 2.05) is 0 Å². The summed E-state index contributed by atoms with van der Waals surface area (Å²) in [6.45, 7) is -0.508. The third-order valence-corrected chi connectivity index (χ3v) is 9.68. The molecule has 2 aliphatic heterocycles. The molecule has 3 heterocycles. The Morgan fingerprint density at radius 3 is 2.65 bits per heavy atom. The molecule has 0 aliphatic carbocycles. The number of benzene rings is 3. The number of oxazole rings is 1. The summed E-state index contributed by atoms with van der Waals surface area (Å²) in [7, 11) is -2.62. The average molecular weight is 655 g/mol. The van der Waals surface area contributed by atoms with E-state index in [2.05, 4.69) is 15.6 Å². The van der Waals surface area contributed by atoms with Gasteiger partial charge in [-0.05, 0) is 60.0 Å². The maximum atomic E-state index is 14.6. The van der Waals surface area contributed by atoms with E-state index in [1.165, 1.54) is 41.7 Å². The van der Waals surface area contributed by atoms with Crippen molar-refractivity contribution in [3.8, 4) is 17.2 Å². The molecule has 46 heavy (non-hydrogen) atoms. The number of methoxy groups -OCH3 is 1. The van der Waals surface area contributed by atoms with Crippen LogP contribution in [0.15, 0.2) is 68.7 Å². The second-order valence-electron chi connectivity index (χ2n) is 11.0. The normalized spacial score (nSPS) is 19.9. The highest BCUT2D eigenvalue weighted by atomic mass is 32.2. The molecular weight excluding hydrogens is 623 g/mol. The summed E-state index contributed by atoms with van der Waals surface area (Å²) >= 11 is 0. The Morgan fingerprint density at radius 1 is 0.978 bits per heavy atom. The average Bonchev–Trinajstić information content (AvgIpc) is 3.41. The second kappa shape index (κ2) is 12.8. The molecule has 0 saturated carbocycles. The maximum absolute atomic E-state index is 14.6. The minimum Gasteiger partial charge on any atom is -0.493 e. The number of ether oxygens (including phenoxy) is 3. The number of amides is 2. The number of piperidine rings is 1. The van der Waals surface area contributed by atoms with E-state index in [1.54, 1.807) is 24.3 Å². The summed E-state index contributed by atoms with van der Waals surface area (Å²) in [6, 6.07) is 12.4. The Hall–Kier alpha value is -4.89. The van der Waals surface area contributed by atoms with Gasteiger partial charge in [-0.1, -0.05) is 6.07 Å². The number of rotatable bonds is 3. The molecule has 2 amide bonds. The summed E-state index contributed by atoms with van der Waals surface area (Å²) in [5, 5.41) is 5.63. The smallest absolute Gasteiger partial charge is 0.417 e. The molecule has 0 spiro atoms. The highest BCUT2D eigenvalue weighted by Crippen LogP contribution is 2.30. The quantitative estimate of drug-likeness (QED) is 0.300. The van der Waals surface area contributed by atoms with Crippen molar-refractivity contribution in [3.63, 3.8) is 0 Å². The molecule has 2 atom stereocenters. The minimum atomic E-state index is -4.09. The van der Waals surface area contributed by atoms with Crippen LogP contribution in [-0.2, 0) is 32.6 Å². The molecule has 1 saturated heterocycles. The molecule has 2 aliphatic rings. The number of aromatic nitrogens is 1. The van der Waals surface area contributed by atoms with Gasteiger partial charge in [0, 0.05) is 38.5 Å². The van der Waals surface area contributed by atoms with E-state index in [0.717, 1.165) is 5.56 Å². The van der Waals surface area contributed by atoms with Crippen LogP contribution in [0.3, 0.4) is 0 Å². The molecule has 1 fully saturated rings. The lowest BCUT2D eigenvalue weighted by molar-refractivity contribution is -0.125. The van der Waals surface area contributed by atoms with Gasteiger partial charge in [-0.25, -0.2) is 17.6 Å². The summed E-state index contributed by atoms with van der Waals surface area (Å²) in [5.74, 6) is -1.23.